The first-order chi connectivity index (χ1) is 10.3. The van der Waals surface area contributed by atoms with Gasteiger partial charge in [0.2, 0.25) is 0 Å². The van der Waals surface area contributed by atoms with Gasteiger partial charge in [0.1, 0.15) is 0 Å². The van der Waals surface area contributed by atoms with E-state index >= 15 is 0 Å². The van der Waals surface area contributed by atoms with E-state index in [1.807, 2.05) is 7.05 Å². The first kappa shape index (κ1) is 21.5. The quantitative estimate of drug-likeness (QED) is 0.206. The molecule has 1 aliphatic rings. The summed E-state index contributed by atoms with van der Waals surface area (Å²) in [4.78, 5) is 15.2. The van der Waals surface area contributed by atoms with Gasteiger partial charge in [-0.05, 0) is 25.7 Å². The highest BCUT2D eigenvalue weighted by atomic mass is 127. The van der Waals surface area contributed by atoms with E-state index in [-0.39, 0.29) is 29.9 Å². The number of guanidine groups is 1. The minimum Gasteiger partial charge on any atom is -0.469 e. The van der Waals surface area contributed by atoms with E-state index in [0.29, 0.717) is 12.5 Å². The van der Waals surface area contributed by atoms with Crippen molar-refractivity contribution >= 4 is 35.9 Å². The maximum Gasteiger partial charge on any atom is 0.305 e. The largest absolute Gasteiger partial charge is 0.469 e. The number of carbonyl (C=O) groups is 1. The van der Waals surface area contributed by atoms with Crippen molar-refractivity contribution in [2.45, 2.75) is 70.3 Å². The Labute approximate surface area is 152 Å². The van der Waals surface area contributed by atoms with Crippen molar-refractivity contribution in [3.8, 4) is 0 Å². The molecule has 1 rings (SSSR count). The number of carbonyl (C=O) groups excluding carboxylic acids is 1. The summed E-state index contributed by atoms with van der Waals surface area (Å²) >= 11 is 0. The Bertz CT molecular complexity index is 319. The Morgan fingerprint density at radius 3 is 2.45 bits per heavy atom. The summed E-state index contributed by atoms with van der Waals surface area (Å²) in [5, 5.41) is 6.88. The Hall–Kier alpha value is -0.530. The lowest BCUT2D eigenvalue weighted by Crippen LogP contribution is -2.44. The van der Waals surface area contributed by atoms with Gasteiger partial charge in [0, 0.05) is 26.1 Å². The Balaban J connectivity index is 0.00000441. The minimum atomic E-state index is -0.106. The van der Waals surface area contributed by atoms with Crippen molar-refractivity contribution in [1.82, 2.24) is 10.6 Å². The normalized spacial score (nSPS) is 15.8. The molecule has 2 N–H and O–H groups in total. The number of aliphatic imine (C=N–C) groups is 1. The maximum absolute atomic E-state index is 11.0. The fourth-order valence-electron chi connectivity index (χ4n) is 2.69. The monoisotopic (exact) mass is 425 g/mol. The van der Waals surface area contributed by atoms with Gasteiger partial charge in [-0.25, -0.2) is 0 Å². The third-order valence-corrected chi connectivity index (χ3v) is 4.00. The second-order valence-corrected chi connectivity index (χ2v) is 5.72. The van der Waals surface area contributed by atoms with Crippen LogP contribution in [-0.2, 0) is 9.53 Å². The van der Waals surface area contributed by atoms with Crippen LogP contribution in [0.25, 0.3) is 0 Å². The third-order valence-electron chi connectivity index (χ3n) is 4.00. The van der Waals surface area contributed by atoms with Crippen LogP contribution >= 0.6 is 24.0 Å². The van der Waals surface area contributed by atoms with E-state index in [1.165, 1.54) is 39.2 Å². The molecule has 6 heteroatoms. The van der Waals surface area contributed by atoms with Gasteiger partial charge in [-0.3, -0.25) is 9.79 Å². The van der Waals surface area contributed by atoms with Crippen LogP contribution in [0.2, 0.25) is 0 Å². The number of halogens is 1. The van der Waals surface area contributed by atoms with Crippen LogP contribution in [-0.4, -0.2) is 38.7 Å². The maximum atomic E-state index is 11.0. The fourth-order valence-corrected chi connectivity index (χ4v) is 2.69. The lowest BCUT2D eigenvalue weighted by molar-refractivity contribution is -0.140. The predicted molar refractivity (Wildman–Crippen MR) is 102 cm³/mol. The molecule has 0 radical (unpaired) electrons. The van der Waals surface area contributed by atoms with Crippen LogP contribution in [0.4, 0.5) is 0 Å². The minimum absolute atomic E-state index is 0. The molecule has 0 atom stereocenters. The number of nitrogens with zero attached hydrogens (tertiary/aromatic N) is 1. The highest BCUT2D eigenvalue weighted by Gasteiger charge is 2.13. The number of esters is 1. The van der Waals surface area contributed by atoms with E-state index in [1.54, 1.807) is 0 Å². The molecule has 0 unspecified atom stereocenters. The smallest absolute Gasteiger partial charge is 0.305 e. The first-order valence-electron chi connectivity index (χ1n) is 8.30. The SMILES string of the molecule is CN=C(NCCCCCCC(=O)OC)NC1CCCCC1.I. The molecule has 5 nitrogen and oxygen atoms in total. The molecule has 22 heavy (non-hydrogen) atoms. The zero-order valence-electron chi connectivity index (χ0n) is 14.0. The molecule has 0 spiro atoms. The number of rotatable bonds is 8. The van der Waals surface area contributed by atoms with Gasteiger partial charge in [0.25, 0.3) is 0 Å². The summed E-state index contributed by atoms with van der Waals surface area (Å²) in [6, 6.07) is 0.588. The first-order valence-corrected chi connectivity index (χ1v) is 8.30. The topological polar surface area (TPSA) is 62.7 Å². The molecule has 130 valence electrons. The number of ether oxygens (including phenoxy) is 1. The van der Waals surface area contributed by atoms with E-state index in [2.05, 4.69) is 20.4 Å². The molecule has 0 saturated heterocycles. The molecule has 1 saturated carbocycles. The average molecular weight is 425 g/mol. The van der Waals surface area contributed by atoms with Crippen molar-refractivity contribution in [2.75, 3.05) is 20.7 Å². The highest BCUT2D eigenvalue weighted by Crippen LogP contribution is 2.17. The lowest BCUT2D eigenvalue weighted by atomic mass is 9.96. The van der Waals surface area contributed by atoms with E-state index in [4.69, 9.17) is 0 Å². The molecule has 0 aromatic carbocycles. The summed E-state index contributed by atoms with van der Waals surface area (Å²) in [7, 11) is 3.27. The van der Waals surface area contributed by atoms with E-state index in [0.717, 1.165) is 38.2 Å². The molecular formula is C16H32IN3O2. The van der Waals surface area contributed by atoms with Gasteiger partial charge in [-0.2, -0.15) is 0 Å². The number of unbranched alkanes of at least 4 members (excludes halogenated alkanes) is 3. The molecule has 1 fully saturated rings. The van der Waals surface area contributed by atoms with Crippen LogP contribution in [0.3, 0.4) is 0 Å². The van der Waals surface area contributed by atoms with Crippen molar-refractivity contribution in [3.05, 3.63) is 0 Å². The average Bonchev–Trinajstić information content (AvgIpc) is 2.53. The molecular weight excluding hydrogens is 393 g/mol. The summed E-state index contributed by atoms with van der Waals surface area (Å²) in [5.74, 6) is 0.821. The predicted octanol–water partition coefficient (Wildman–Crippen LogP) is 3.23. The number of hydrogen-bond acceptors (Lipinski definition) is 3. The van der Waals surface area contributed by atoms with Crippen molar-refractivity contribution in [3.63, 3.8) is 0 Å². The lowest BCUT2D eigenvalue weighted by Gasteiger charge is -2.24. The summed E-state index contributed by atoms with van der Waals surface area (Å²) < 4.78 is 4.62. The van der Waals surface area contributed by atoms with Crippen LogP contribution in [0.15, 0.2) is 4.99 Å². The van der Waals surface area contributed by atoms with Gasteiger partial charge < -0.3 is 15.4 Å². The number of methoxy groups -OCH3 is 1. The Morgan fingerprint density at radius 2 is 1.82 bits per heavy atom. The second-order valence-electron chi connectivity index (χ2n) is 5.72. The zero-order valence-corrected chi connectivity index (χ0v) is 16.4. The summed E-state index contributed by atoms with van der Waals surface area (Å²) in [5.41, 5.74) is 0. The van der Waals surface area contributed by atoms with Crippen molar-refractivity contribution < 1.29 is 9.53 Å². The molecule has 0 heterocycles. The molecule has 1 aliphatic carbocycles. The standard InChI is InChI=1S/C16H31N3O2.HI/c1-17-16(19-14-10-6-5-7-11-14)18-13-9-4-3-8-12-15(20)21-2;/h14H,3-13H2,1-2H3,(H2,17,18,19);1H. The van der Waals surface area contributed by atoms with E-state index in [9.17, 15) is 4.79 Å². The zero-order chi connectivity index (χ0) is 15.3. The van der Waals surface area contributed by atoms with Crippen LogP contribution in [0, 0.1) is 0 Å². The summed E-state index contributed by atoms with van der Waals surface area (Å²) in [6.45, 7) is 0.935. The van der Waals surface area contributed by atoms with Gasteiger partial charge >= 0.3 is 5.97 Å². The fraction of sp³-hybridized carbons (Fsp3) is 0.875. The Morgan fingerprint density at radius 1 is 1.14 bits per heavy atom. The second kappa shape index (κ2) is 14.1. The molecule has 0 amide bonds. The van der Waals surface area contributed by atoms with Gasteiger partial charge in [0.05, 0.1) is 7.11 Å². The number of hydrogen-bond donors (Lipinski definition) is 2. The van der Waals surface area contributed by atoms with Crippen LogP contribution in [0.1, 0.15) is 64.2 Å². The van der Waals surface area contributed by atoms with Gasteiger partial charge in [0.15, 0.2) is 5.96 Å². The van der Waals surface area contributed by atoms with Crippen LogP contribution in [0.5, 0.6) is 0 Å². The molecule has 0 aromatic rings. The highest BCUT2D eigenvalue weighted by molar-refractivity contribution is 14.0. The Kier molecular flexibility index (Phi) is 13.7. The molecule has 0 bridgehead atoms. The summed E-state index contributed by atoms with van der Waals surface area (Å²) in [6.07, 6.45) is 11.3. The molecule has 0 aliphatic heterocycles. The van der Waals surface area contributed by atoms with Gasteiger partial charge in [-0.1, -0.05) is 32.1 Å². The number of nitrogens with one attached hydrogen (secondary N) is 2. The van der Waals surface area contributed by atoms with Crippen LogP contribution < -0.4 is 10.6 Å². The van der Waals surface area contributed by atoms with Crippen molar-refractivity contribution in [1.29, 1.82) is 0 Å². The van der Waals surface area contributed by atoms with Crippen molar-refractivity contribution in [2.24, 2.45) is 4.99 Å². The molecule has 0 aromatic heterocycles. The van der Waals surface area contributed by atoms with Gasteiger partial charge in [-0.15, -0.1) is 24.0 Å². The van der Waals surface area contributed by atoms with E-state index < -0.39 is 0 Å². The third kappa shape index (κ3) is 10.2.